The van der Waals surface area contributed by atoms with Crippen LogP contribution in [0.1, 0.15) is 35.6 Å². The maximum absolute atomic E-state index is 12.5. The number of aromatic nitrogens is 3. The Kier molecular flexibility index (Phi) is 6.86. The van der Waals surface area contributed by atoms with Gasteiger partial charge < -0.3 is 20.7 Å². The molecule has 2 aromatic rings. The van der Waals surface area contributed by atoms with Crippen molar-refractivity contribution in [1.82, 2.24) is 20.3 Å². The largest absolute Gasteiger partial charge is 0.456 e. The van der Waals surface area contributed by atoms with Gasteiger partial charge in [0.1, 0.15) is 6.04 Å². The second kappa shape index (κ2) is 9.12. The zero-order valence-corrected chi connectivity index (χ0v) is 16.8. The van der Waals surface area contributed by atoms with Gasteiger partial charge in [-0.1, -0.05) is 31.5 Å². The van der Waals surface area contributed by atoms with E-state index >= 15 is 0 Å². The molecule has 0 fully saturated rings. The van der Waals surface area contributed by atoms with Crippen LogP contribution in [0.5, 0.6) is 0 Å². The van der Waals surface area contributed by atoms with Gasteiger partial charge in [-0.15, -0.1) is 0 Å². The van der Waals surface area contributed by atoms with Crippen LogP contribution in [0.15, 0.2) is 24.3 Å². The monoisotopic (exact) mass is 386 g/mol. The van der Waals surface area contributed by atoms with E-state index < -0.39 is 12.0 Å². The number of ether oxygens (including phenoxy) is 1. The maximum atomic E-state index is 12.5. The summed E-state index contributed by atoms with van der Waals surface area (Å²) in [4.78, 5) is 38.8. The molecule has 0 saturated heterocycles. The van der Waals surface area contributed by atoms with E-state index in [9.17, 15) is 9.59 Å². The molecule has 1 atom stereocenters. The number of benzene rings is 1. The Balaban J connectivity index is 2.05. The minimum absolute atomic E-state index is 0.0397. The summed E-state index contributed by atoms with van der Waals surface area (Å²) in [6.07, 6.45) is 0. The lowest BCUT2D eigenvalue weighted by molar-refractivity contribution is -0.148. The zero-order valence-electron chi connectivity index (χ0n) is 16.8. The number of carbonyl (C=O) groups is 2. The Morgan fingerprint density at radius 3 is 2.36 bits per heavy atom. The van der Waals surface area contributed by atoms with Crippen LogP contribution in [0.3, 0.4) is 0 Å². The highest BCUT2D eigenvalue weighted by Gasteiger charge is 2.26. The maximum Gasteiger partial charge on any atom is 0.329 e. The van der Waals surface area contributed by atoms with Crippen LogP contribution < -0.4 is 16.0 Å². The molecular formula is C19H26N6O3. The average Bonchev–Trinajstić information content (AvgIpc) is 2.63. The molecule has 150 valence electrons. The van der Waals surface area contributed by atoms with Gasteiger partial charge in [-0.05, 0) is 25.0 Å². The van der Waals surface area contributed by atoms with Crippen molar-refractivity contribution in [3.05, 3.63) is 41.2 Å². The van der Waals surface area contributed by atoms with Crippen LogP contribution in [0, 0.1) is 12.8 Å². The molecule has 1 aromatic heterocycles. The van der Waals surface area contributed by atoms with Crippen molar-refractivity contribution in [2.75, 3.05) is 24.7 Å². The number of nitrogen functional groups attached to an aromatic ring is 1. The van der Waals surface area contributed by atoms with Crippen LogP contribution in [0.2, 0.25) is 0 Å². The van der Waals surface area contributed by atoms with Crippen LogP contribution in [-0.4, -0.2) is 47.0 Å². The van der Waals surface area contributed by atoms with Crippen molar-refractivity contribution in [2.24, 2.45) is 5.92 Å². The lowest BCUT2D eigenvalue weighted by atomic mass is 10.0. The molecule has 0 radical (unpaired) electrons. The summed E-state index contributed by atoms with van der Waals surface area (Å²) in [6, 6.07) is 6.30. The Hall–Kier alpha value is -3.23. The molecule has 1 aromatic carbocycles. The molecule has 28 heavy (non-hydrogen) atoms. The molecular weight excluding hydrogens is 360 g/mol. The number of hydrogen-bond acceptors (Lipinski definition) is 8. The molecule has 0 saturated carbocycles. The quantitative estimate of drug-likeness (QED) is 0.683. The summed E-state index contributed by atoms with van der Waals surface area (Å²) in [6.45, 7) is 5.42. The summed E-state index contributed by atoms with van der Waals surface area (Å²) in [5, 5.41) is 2.73. The van der Waals surface area contributed by atoms with Gasteiger partial charge in [-0.2, -0.15) is 15.0 Å². The van der Waals surface area contributed by atoms with Crippen molar-refractivity contribution >= 4 is 23.8 Å². The summed E-state index contributed by atoms with van der Waals surface area (Å²) < 4.78 is 5.32. The second-order valence-electron chi connectivity index (χ2n) is 6.97. The minimum atomic E-state index is -0.804. The highest BCUT2D eigenvalue weighted by molar-refractivity contribution is 5.96. The molecule has 0 aliphatic heterocycles. The Labute approximate surface area is 164 Å². The van der Waals surface area contributed by atoms with Gasteiger partial charge in [0.05, 0.1) is 0 Å². The summed E-state index contributed by atoms with van der Waals surface area (Å²) in [5.41, 5.74) is 7.19. The van der Waals surface area contributed by atoms with Crippen LogP contribution >= 0.6 is 0 Å². The number of nitrogens with zero attached hydrogens (tertiary/aromatic N) is 4. The fourth-order valence-corrected chi connectivity index (χ4v) is 2.34. The third-order valence-electron chi connectivity index (χ3n) is 3.95. The molecule has 1 amide bonds. The first-order valence-electron chi connectivity index (χ1n) is 8.89. The third kappa shape index (κ3) is 5.63. The average molecular weight is 386 g/mol. The van der Waals surface area contributed by atoms with Gasteiger partial charge >= 0.3 is 5.97 Å². The minimum Gasteiger partial charge on any atom is -0.456 e. The van der Waals surface area contributed by atoms with Gasteiger partial charge in [0.2, 0.25) is 11.9 Å². The molecule has 9 nitrogen and oxygen atoms in total. The molecule has 0 bridgehead atoms. The van der Waals surface area contributed by atoms with E-state index in [4.69, 9.17) is 10.5 Å². The van der Waals surface area contributed by atoms with Crippen LogP contribution in [0.25, 0.3) is 0 Å². The van der Waals surface area contributed by atoms with E-state index in [-0.39, 0.29) is 30.2 Å². The number of carbonyl (C=O) groups excluding carboxylic acids is 2. The van der Waals surface area contributed by atoms with E-state index in [1.807, 2.05) is 32.9 Å². The summed E-state index contributed by atoms with van der Waals surface area (Å²) >= 11 is 0. The second-order valence-corrected chi connectivity index (χ2v) is 6.97. The lowest BCUT2D eigenvalue weighted by Crippen LogP contribution is -2.45. The normalized spacial score (nSPS) is 11.8. The van der Waals surface area contributed by atoms with E-state index in [0.717, 1.165) is 5.56 Å². The van der Waals surface area contributed by atoms with Gasteiger partial charge in [-0.3, -0.25) is 4.79 Å². The molecule has 0 aliphatic rings. The number of hydrogen-bond donors (Lipinski definition) is 2. The van der Waals surface area contributed by atoms with Gasteiger partial charge in [0.15, 0.2) is 12.4 Å². The number of nitrogens with one attached hydrogen (secondary N) is 1. The number of rotatable bonds is 7. The number of amides is 1. The number of aryl methyl sites for hydroxylation is 1. The Bertz CT molecular complexity index is 836. The first-order chi connectivity index (χ1) is 13.2. The number of nitrogens with two attached hydrogens (primary N) is 1. The topological polar surface area (TPSA) is 123 Å². The Morgan fingerprint density at radius 2 is 1.79 bits per heavy atom. The molecule has 1 heterocycles. The van der Waals surface area contributed by atoms with Crippen molar-refractivity contribution < 1.29 is 14.3 Å². The highest BCUT2D eigenvalue weighted by atomic mass is 16.5. The van der Waals surface area contributed by atoms with E-state index in [0.29, 0.717) is 11.5 Å². The van der Waals surface area contributed by atoms with Gasteiger partial charge in [-0.25, -0.2) is 4.79 Å². The van der Waals surface area contributed by atoms with Gasteiger partial charge in [0.25, 0.3) is 5.91 Å². The van der Waals surface area contributed by atoms with Crippen molar-refractivity contribution in [1.29, 1.82) is 0 Å². The molecule has 0 aliphatic carbocycles. The van der Waals surface area contributed by atoms with Crippen LogP contribution in [-0.2, 0) is 16.1 Å². The predicted molar refractivity (Wildman–Crippen MR) is 106 cm³/mol. The first-order valence-corrected chi connectivity index (χ1v) is 8.89. The summed E-state index contributed by atoms with van der Waals surface area (Å²) in [5.74, 6) is -0.431. The number of esters is 1. The highest BCUT2D eigenvalue weighted by Crippen LogP contribution is 2.10. The zero-order chi connectivity index (χ0) is 20.8. The standard InChI is InChI=1S/C19H26N6O3/c1-11(2)15(23-16(26)13-8-6-12(3)7-9-13)17(27)28-10-14-21-18(20)24-19(22-14)25(4)5/h6-9,11,15H,10H2,1-5H3,(H,23,26)(H2,20,21,22,24)/t15-/m0/s1. The van der Waals surface area contributed by atoms with Gasteiger partial charge in [0, 0.05) is 19.7 Å². The molecule has 2 rings (SSSR count). The predicted octanol–water partition coefficient (Wildman–Crippen LogP) is 1.33. The Morgan fingerprint density at radius 1 is 1.14 bits per heavy atom. The fraction of sp³-hybridized carbons (Fsp3) is 0.421. The van der Waals surface area contributed by atoms with E-state index in [2.05, 4.69) is 20.3 Å². The third-order valence-corrected chi connectivity index (χ3v) is 3.95. The van der Waals surface area contributed by atoms with E-state index in [1.165, 1.54) is 0 Å². The molecule has 0 spiro atoms. The molecule has 9 heteroatoms. The van der Waals surface area contributed by atoms with Crippen molar-refractivity contribution in [2.45, 2.75) is 33.4 Å². The van der Waals surface area contributed by atoms with Crippen molar-refractivity contribution in [3.8, 4) is 0 Å². The molecule has 0 unspecified atom stereocenters. The smallest absolute Gasteiger partial charge is 0.329 e. The van der Waals surface area contributed by atoms with Crippen molar-refractivity contribution in [3.63, 3.8) is 0 Å². The number of anilines is 2. The van der Waals surface area contributed by atoms with Crippen LogP contribution in [0.4, 0.5) is 11.9 Å². The summed E-state index contributed by atoms with van der Waals surface area (Å²) in [7, 11) is 3.53. The van der Waals surface area contributed by atoms with E-state index in [1.54, 1.807) is 31.1 Å². The molecule has 3 N–H and O–H groups in total. The lowest BCUT2D eigenvalue weighted by Gasteiger charge is -2.21. The SMILES string of the molecule is Cc1ccc(C(=O)N[C@H](C(=O)OCc2nc(N)nc(N(C)C)n2)C(C)C)cc1. The first kappa shape index (κ1) is 21.1. The fourth-order valence-electron chi connectivity index (χ4n) is 2.34.